The number of anilines is 2. The van der Waals surface area contributed by atoms with E-state index in [2.05, 4.69) is 5.32 Å². The van der Waals surface area contributed by atoms with Gasteiger partial charge in [-0.15, -0.1) is 0 Å². The predicted octanol–water partition coefficient (Wildman–Crippen LogP) is 1.18. The molecule has 0 saturated heterocycles. The molecule has 0 saturated carbocycles. The first kappa shape index (κ1) is 12.2. The first-order chi connectivity index (χ1) is 7.41. The van der Waals surface area contributed by atoms with E-state index >= 15 is 0 Å². The van der Waals surface area contributed by atoms with Crippen LogP contribution in [-0.2, 0) is 0 Å². The molecule has 1 amide bonds. The van der Waals surface area contributed by atoms with Gasteiger partial charge in [-0.25, -0.2) is 13.2 Å². The van der Waals surface area contributed by atoms with Crippen molar-refractivity contribution in [2.75, 3.05) is 17.6 Å². The van der Waals surface area contributed by atoms with Gasteiger partial charge in [-0.3, -0.25) is 4.79 Å². The summed E-state index contributed by atoms with van der Waals surface area (Å²) in [6.07, 6.45) is -2.63. The molecule has 0 heterocycles. The molecule has 0 aliphatic rings. The standard InChI is InChI=1S/C9H10F3N3O/c10-5-2-6(13)4(9(14)16)1-7(5)15-3-8(11)12/h1-2,8,15H,3,13H2,(H2,14,16). The highest BCUT2D eigenvalue weighted by Crippen LogP contribution is 2.22. The SMILES string of the molecule is NC(=O)c1cc(NCC(F)F)c(F)cc1N. The molecular weight excluding hydrogens is 223 g/mol. The summed E-state index contributed by atoms with van der Waals surface area (Å²) in [5.41, 5.74) is 9.82. The molecule has 0 bridgehead atoms. The van der Waals surface area contributed by atoms with Crippen LogP contribution in [0.2, 0.25) is 0 Å². The number of benzene rings is 1. The van der Waals surface area contributed by atoms with Gasteiger partial charge in [-0.2, -0.15) is 0 Å². The summed E-state index contributed by atoms with van der Waals surface area (Å²) in [4.78, 5) is 10.9. The number of hydrogen-bond acceptors (Lipinski definition) is 3. The van der Waals surface area contributed by atoms with Gasteiger partial charge in [0.25, 0.3) is 12.3 Å². The number of carbonyl (C=O) groups excluding carboxylic acids is 1. The molecule has 0 radical (unpaired) electrons. The molecule has 0 atom stereocenters. The fraction of sp³-hybridized carbons (Fsp3) is 0.222. The molecular formula is C9H10F3N3O. The van der Waals surface area contributed by atoms with E-state index < -0.39 is 24.7 Å². The first-order valence-corrected chi connectivity index (χ1v) is 4.32. The van der Waals surface area contributed by atoms with Crippen molar-refractivity contribution in [2.24, 2.45) is 5.73 Å². The van der Waals surface area contributed by atoms with Crippen LogP contribution in [0.25, 0.3) is 0 Å². The highest BCUT2D eigenvalue weighted by Gasteiger charge is 2.12. The third-order valence-corrected chi connectivity index (χ3v) is 1.85. The van der Waals surface area contributed by atoms with Gasteiger partial charge in [0.1, 0.15) is 5.82 Å². The van der Waals surface area contributed by atoms with Crippen molar-refractivity contribution in [1.82, 2.24) is 0 Å². The smallest absolute Gasteiger partial charge is 0.255 e. The lowest BCUT2D eigenvalue weighted by atomic mass is 10.1. The largest absolute Gasteiger partial charge is 0.398 e. The molecule has 0 spiro atoms. The number of rotatable bonds is 4. The minimum absolute atomic E-state index is 0.113. The molecule has 5 N–H and O–H groups in total. The number of nitrogens with one attached hydrogen (secondary N) is 1. The van der Waals surface area contributed by atoms with Gasteiger partial charge in [0.15, 0.2) is 0 Å². The summed E-state index contributed by atoms with van der Waals surface area (Å²) in [5.74, 6) is -1.67. The van der Waals surface area contributed by atoms with Crippen molar-refractivity contribution >= 4 is 17.3 Å². The maximum absolute atomic E-state index is 13.2. The van der Waals surface area contributed by atoms with Gasteiger partial charge in [0.2, 0.25) is 0 Å². The number of nitrogen functional groups attached to an aromatic ring is 1. The highest BCUT2D eigenvalue weighted by atomic mass is 19.3. The van der Waals surface area contributed by atoms with E-state index in [1.807, 2.05) is 0 Å². The molecule has 4 nitrogen and oxygen atoms in total. The molecule has 0 aromatic heterocycles. The average Bonchev–Trinajstić information content (AvgIpc) is 2.15. The van der Waals surface area contributed by atoms with E-state index in [4.69, 9.17) is 11.5 Å². The zero-order valence-corrected chi connectivity index (χ0v) is 8.14. The molecule has 0 aliphatic heterocycles. The lowest BCUT2D eigenvalue weighted by Crippen LogP contribution is -2.16. The fourth-order valence-corrected chi connectivity index (χ4v) is 1.12. The lowest BCUT2D eigenvalue weighted by Gasteiger charge is -2.09. The van der Waals surface area contributed by atoms with Crippen LogP contribution in [0.15, 0.2) is 12.1 Å². The predicted molar refractivity (Wildman–Crippen MR) is 53.8 cm³/mol. The summed E-state index contributed by atoms with van der Waals surface area (Å²) in [5, 5.41) is 2.15. The molecule has 0 aliphatic carbocycles. The Morgan fingerprint density at radius 2 is 2.06 bits per heavy atom. The van der Waals surface area contributed by atoms with Crippen molar-refractivity contribution in [1.29, 1.82) is 0 Å². The average molecular weight is 233 g/mol. The van der Waals surface area contributed by atoms with Gasteiger partial charge in [0.05, 0.1) is 17.8 Å². The second-order valence-corrected chi connectivity index (χ2v) is 3.06. The Labute approximate surface area is 89.4 Å². The summed E-state index contributed by atoms with van der Waals surface area (Å²) in [6, 6.07) is 1.86. The van der Waals surface area contributed by atoms with E-state index in [0.717, 1.165) is 12.1 Å². The van der Waals surface area contributed by atoms with Crippen LogP contribution in [0, 0.1) is 5.82 Å². The number of hydrogen-bond donors (Lipinski definition) is 3. The number of primary amides is 1. The van der Waals surface area contributed by atoms with E-state index in [1.165, 1.54) is 0 Å². The van der Waals surface area contributed by atoms with E-state index in [1.54, 1.807) is 0 Å². The highest BCUT2D eigenvalue weighted by molar-refractivity contribution is 5.99. The van der Waals surface area contributed by atoms with Crippen LogP contribution in [-0.4, -0.2) is 18.9 Å². The third kappa shape index (κ3) is 2.78. The number of amides is 1. The van der Waals surface area contributed by atoms with Crippen molar-refractivity contribution < 1.29 is 18.0 Å². The second kappa shape index (κ2) is 4.73. The Morgan fingerprint density at radius 3 is 2.56 bits per heavy atom. The van der Waals surface area contributed by atoms with E-state index in [9.17, 15) is 18.0 Å². The van der Waals surface area contributed by atoms with Gasteiger partial charge >= 0.3 is 0 Å². The summed E-state index contributed by atoms with van der Waals surface area (Å²) < 4.78 is 37.0. The quantitative estimate of drug-likeness (QED) is 0.683. The Hall–Kier alpha value is -1.92. The minimum atomic E-state index is -2.63. The van der Waals surface area contributed by atoms with Crippen molar-refractivity contribution in [3.63, 3.8) is 0 Å². The van der Waals surface area contributed by atoms with Crippen LogP contribution in [0.3, 0.4) is 0 Å². The van der Waals surface area contributed by atoms with Crippen molar-refractivity contribution in [3.8, 4) is 0 Å². The number of halogens is 3. The molecule has 0 fully saturated rings. The Balaban J connectivity index is 3.00. The van der Waals surface area contributed by atoms with Gasteiger partial charge in [-0.1, -0.05) is 0 Å². The molecule has 0 unspecified atom stereocenters. The molecule has 1 rings (SSSR count). The molecule has 16 heavy (non-hydrogen) atoms. The fourth-order valence-electron chi connectivity index (χ4n) is 1.12. The zero-order valence-electron chi connectivity index (χ0n) is 8.14. The maximum Gasteiger partial charge on any atom is 0.255 e. The second-order valence-electron chi connectivity index (χ2n) is 3.06. The Morgan fingerprint density at radius 1 is 1.44 bits per heavy atom. The summed E-state index contributed by atoms with van der Waals surface area (Å²) in [6.45, 7) is -0.723. The summed E-state index contributed by atoms with van der Waals surface area (Å²) >= 11 is 0. The topological polar surface area (TPSA) is 81.1 Å². The molecule has 88 valence electrons. The monoisotopic (exact) mass is 233 g/mol. The van der Waals surface area contributed by atoms with Gasteiger partial charge in [0, 0.05) is 5.69 Å². The van der Waals surface area contributed by atoms with Gasteiger partial charge in [-0.05, 0) is 12.1 Å². The number of nitrogens with two attached hydrogens (primary N) is 2. The minimum Gasteiger partial charge on any atom is -0.398 e. The maximum atomic E-state index is 13.2. The third-order valence-electron chi connectivity index (χ3n) is 1.85. The van der Waals surface area contributed by atoms with Crippen LogP contribution in [0.1, 0.15) is 10.4 Å². The number of carbonyl (C=O) groups is 1. The van der Waals surface area contributed by atoms with Crippen LogP contribution in [0.4, 0.5) is 24.5 Å². The van der Waals surface area contributed by atoms with Crippen LogP contribution >= 0.6 is 0 Å². The van der Waals surface area contributed by atoms with Crippen molar-refractivity contribution in [2.45, 2.75) is 6.43 Å². The van der Waals surface area contributed by atoms with Crippen LogP contribution in [0.5, 0.6) is 0 Å². The Bertz CT molecular complexity index is 409. The van der Waals surface area contributed by atoms with E-state index in [-0.39, 0.29) is 16.9 Å². The lowest BCUT2D eigenvalue weighted by molar-refractivity contribution is 0.100. The molecule has 1 aromatic carbocycles. The number of alkyl halides is 2. The van der Waals surface area contributed by atoms with Crippen molar-refractivity contribution in [3.05, 3.63) is 23.5 Å². The Kier molecular flexibility index (Phi) is 3.60. The van der Waals surface area contributed by atoms with E-state index in [0.29, 0.717) is 0 Å². The normalized spacial score (nSPS) is 10.5. The molecule has 1 aromatic rings. The molecule has 7 heteroatoms. The van der Waals surface area contributed by atoms with Crippen LogP contribution < -0.4 is 16.8 Å². The zero-order chi connectivity index (χ0) is 12.3. The van der Waals surface area contributed by atoms with Gasteiger partial charge < -0.3 is 16.8 Å². The summed E-state index contributed by atoms with van der Waals surface area (Å²) in [7, 11) is 0. The first-order valence-electron chi connectivity index (χ1n) is 4.32.